The Kier molecular flexibility index (Phi) is 5.87. The number of hydrogen-bond donors (Lipinski definition) is 0. The van der Waals surface area contributed by atoms with Gasteiger partial charge in [-0.25, -0.2) is 0 Å². The molecule has 0 amide bonds. The fraction of sp³-hybridized carbons (Fsp3) is 1.00. The van der Waals surface area contributed by atoms with Crippen LogP contribution in [0.15, 0.2) is 0 Å². The van der Waals surface area contributed by atoms with E-state index in [4.69, 9.17) is 0 Å². The molecule has 0 heterocycles. The topological polar surface area (TPSA) is 126 Å². The maximum atomic E-state index is 9.55. The standard InChI is InChI=1S/CH6O6P2.Zr/c2-8(3,4)1-9(5,6)7;/h1H2,(H2,2,3,4)(H2,5,6,7);/q;+4/p-4. The van der Waals surface area contributed by atoms with Crippen molar-refractivity contribution < 1.29 is 54.9 Å². The van der Waals surface area contributed by atoms with Crippen molar-refractivity contribution in [1.29, 1.82) is 0 Å². The van der Waals surface area contributed by atoms with Crippen LogP contribution in [0.5, 0.6) is 0 Å². The second-order valence-electron chi connectivity index (χ2n) is 1.36. The van der Waals surface area contributed by atoms with Gasteiger partial charge in [0.2, 0.25) is 0 Å². The van der Waals surface area contributed by atoms with Gasteiger partial charge in [-0.3, -0.25) is 0 Å². The molecule has 56 valence electrons. The first-order valence-corrected chi connectivity index (χ1v) is 5.18. The molecule has 0 fully saturated rings. The average Bonchev–Trinajstić information content (AvgIpc) is 1.14. The van der Waals surface area contributed by atoms with E-state index in [9.17, 15) is 28.7 Å². The van der Waals surface area contributed by atoms with Gasteiger partial charge >= 0.3 is 26.2 Å². The largest absolute Gasteiger partial charge is 4.00 e. The second kappa shape index (κ2) is 4.27. The Morgan fingerprint density at radius 1 is 0.900 bits per heavy atom. The molecule has 0 rings (SSSR count). The fourth-order valence-electron chi connectivity index (χ4n) is 0.212. The van der Waals surface area contributed by atoms with E-state index in [1.54, 1.807) is 0 Å². The molecule has 0 aliphatic carbocycles. The first-order valence-electron chi connectivity index (χ1n) is 1.73. The van der Waals surface area contributed by atoms with Crippen LogP contribution in [-0.2, 0) is 35.3 Å². The summed E-state index contributed by atoms with van der Waals surface area (Å²) in [4.78, 5) is 38.2. The van der Waals surface area contributed by atoms with Gasteiger partial charge in [0, 0.05) is 5.90 Å². The minimum atomic E-state index is -5.18. The third kappa shape index (κ3) is 11.9. The molecule has 0 aliphatic heterocycles. The Hall–Kier alpha value is 1.18. The summed E-state index contributed by atoms with van der Waals surface area (Å²) in [5.74, 6) is -1.82. The van der Waals surface area contributed by atoms with E-state index >= 15 is 0 Å². The maximum absolute atomic E-state index is 9.55. The van der Waals surface area contributed by atoms with Crippen LogP contribution in [0, 0.1) is 0 Å². The molecular formula is CH2O6P2Zr. The Balaban J connectivity index is 0. The van der Waals surface area contributed by atoms with E-state index in [2.05, 4.69) is 0 Å². The smallest absolute Gasteiger partial charge is 0.810 e. The van der Waals surface area contributed by atoms with Crippen LogP contribution >= 0.6 is 15.2 Å². The van der Waals surface area contributed by atoms with Crippen LogP contribution in [0.4, 0.5) is 0 Å². The molecular weight excluding hydrogens is 261 g/mol. The van der Waals surface area contributed by atoms with Gasteiger partial charge in [-0.1, -0.05) is 15.2 Å². The van der Waals surface area contributed by atoms with Crippen LogP contribution in [0.2, 0.25) is 0 Å². The Morgan fingerprint density at radius 3 is 1.10 bits per heavy atom. The molecule has 0 atom stereocenters. The molecule has 0 unspecified atom stereocenters. The zero-order chi connectivity index (χ0) is 7.71. The van der Waals surface area contributed by atoms with Crippen LogP contribution in [0.25, 0.3) is 0 Å². The van der Waals surface area contributed by atoms with Crippen molar-refractivity contribution in [3.8, 4) is 0 Å². The zero-order valence-corrected chi connectivity index (χ0v) is 8.80. The molecule has 6 nitrogen and oxygen atoms in total. The molecule has 0 radical (unpaired) electrons. The average molecular weight is 263 g/mol. The normalized spacial score (nSPS) is 12.4. The summed E-state index contributed by atoms with van der Waals surface area (Å²) in [6.45, 7) is 0. The third-order valence-electron chi connectivity index (χ3n) is 0.346. The van der Waals surface area contributed by atoms with Gasteiger partial charge < -0.3 is 28.7 Å². The Morgan fingerprint density at radius 2 is 1.10 bits per heavy atom. The summed E-state index contributed by atoms with van der Waals surface area (Å²) in [7, 11) is -10.4. The quantitative estimate of drug-likeness (QED) is 0.482. The predicted molar refractivity (Wildman–Crippen MR) is 20.1 cm³/mol. The van der Waals surface area contributed by atoms with Crippen molar-refractivity contribution in [2.75, 3.05) is 5.90 Å². The molecule has 0 aromatic rings. The third-order valence-corrected chi connectivity index (χ3v) is 3.12. The zero-order valence-electron chi connectivity index (χ0n) is 4.55. The summed E-state index contributed by atoms with van der Waals surface area (Å²) in [6.07, 6.45) is 0. The van der Waals surface area contributed by atoms with E-state index in [0.717, 1.165) is 0 Å². The van der Waals surface area contributed by atoms with Crippen LogP contribution in [-0.4, -0.2) is 5.90 Å². The maximum Gasteiger partial charge on any atom is 4.00 e. The van der Waals surface area contributed by atoms with Gasteiger partial charge in [0.25, 0.3) is 0 Å². The molecule has 0 saturated carbocycles. The molecule has 9 heteroatoms. The summed E-state index contributed by atoms with van der Waals surface area (Å²) >= 11 is 0. The molecule has 0 saturated heterocycles. The molecule has 10 heavy (non-hydrogen) atoms. The van der Waals surface area contributed by atoms with Crippen molar-refractivity contribution in [3.63, 3.8) is 0 Å². The SMILES string of the molecule is O=P([O-])([O-])CP(=O)([O-])[O-].[Zr+4]. The van der Waals surface area contributed by atoms with E-state index in [0.29, 0.717) is 0 Å². The first-order chi connectivity index (χ1) is 3.71. The van der Waals surface area contributed by atoms with Crippen LogP contribution < -0.4 is 19.6 Å². The molecule has 0 aliphatic rings. The van der Waals surface area contributed by atoms with Gasteiger partial charge in [-0.05, 0) is 0 Å². The van der Waals surface area contributed by atoms with E-state index in [1.807, 2.05) is 0 Å². The van der Waals surface area contributed by atoms with E-state index in [1.165, 1.54) is 0 Å². The van der Waals surface area contributed by atoms with Crippen LogP contribution in [0.1, 0.15) is 0 Å². The Labute approximate surface area is 76.1 Å². The summed E-state index contributed by atoms with van der Waals surface area (Å²) in [5.41, 5.74) is 0. The number of hydrogen-bond acceptors (Lipinski definition) is 6. The van der Waals surface area contributed by atoms with Gasteiger partial charge in [-0.15, -0.1) is 0 Å². The van der Waals surface area contributed by atoms with Crippen molar-refractivity contribution in [3.05, 3.63) is 0 Å². The van der Waals surface area contributed by atoms with Crippen molar-refractivity contribution >= 4 is 15.2 Å². The molecule has 0 bridgehead atoms. The number of rotatable bonds is 2. The molecule has 0 aromatic heterocycles. The van der Waals surface area contributed by atoms with Gasteiger partial charge in [0.05, 0.1) is 0 Å². The van der Waals surface area contributed by atoms with Crippen molar-refractivity contribution in [2.24, 2.45) is 0 Å². The summed E-state index contributed by atoms with van der Waals surface area (Å²) in [5, 5.41) is 0. The van der Waals surface area contributed by atoms with Gasteiger partial charge in [0.15, 0.2) is 0 Å². The Bertz CT molecular complexity index is 156. The minimum Gasteiger partial charge on any atom is -0.810 e. The molecule has 0 N–H and O–H groups in total. The van der Waals surface area contributed by atoms with E-state index in [-0.39, 0.29) is 26.2 Å². The minimum absolute atomic E-state index is 0. The van der Waals surface area contributed by atoms with Gasteiger partial charge in [0.1, 0.15) is 0 Å². The van der Waals surface area contributed by atoms with Crippen molar-refractivity contribution in [1.82, 2.24) is 0 Å². The molecule has 0 aromatic carbocycles. The predicted octanol–water partition coefficient (Wildman–Crippen LogP) is -3.23. The van der Waals surface area contributed by atoms with Crippen molar-refractivity contribution in [2.45, 2.75) is 0 Å². The van der Waals surface area contributed by atoms with Crippen LogP contribution in [0.3, 0.4) is 0 Å². The molecule has 0 spiro atoms. The monoisotopic (exact) mass is 262 g/mol. The summed E-state index contributed by atoms with van der Waals surface area (Å²) < 4.78 is 19.1. The fourth-order valence-corrected chi connectivity index (χ4v) is 1.91. The summed E-state index contributed by atoms with van der Waals surface area (Å²) in [6, 6.07) is 0. The first kappa shape index (κ1) is 13.8. The van der Waals surface area contributed by atoms with E-state index < -0.39 is 21.1 Å². The van der Waals surface area contributed by atoms with Gasteiger partial charge in [-0.2, -0.15) is 0 Å². The second-order valence-corrected chi connectivity index (χ2v) is 4.94.